The van der Waals surface area contributed by atoms with Crippen molar-refractivity contribution < 1.29 is 9.53 Å². The maximum Gasteiger partial charge on any atom is 0.234 e. The average molecular weight is 249 g/mol. The molecule has 0 spiro atoms. The van der Waals surface area contributed by atoms with Crippen LogP contribution in [-0.2, 0) is 16.1 Å². The van der Waals surface area contributed by atoms with Crippen LogP contribution >= 0.6 is 0 Å². The molecule has 1 atom stereocenters. The van der Waals surface area contributed by atoms with E-state index < -0.39 is 0 Å². The van der Waals surface area contributed by atoms with Crippen LogP contribution in [0.3, 0.4) is 0 Å². The highest BCUT2D eigenvalue weighted by molar-refractivity contribution is 5.77. The average Bonchev–Trinajstić information content (AvgIpc) is 2.91. The third-order valence-corrected chi connectivity index (χ3v) is 2.91. The van der Waals surface area contributed by atoms with Gasteiger partial charge in [0.2, 0.25) is 5.91 Å². The van der Waals surface area contributed by atoms with Crippen molar-refractivity contribution in [1.29, 1.82) is 0 Å². The smallest absolute Gasteiger partial charge is 0.234 e. The third-order valence-electron chi connectivity index (χ3n) is 2.91. The Balaban J connectivity index is 1.57. The quantitative estimate of drug-likeness (QED) is 0.769. The lowest BCUT2D eigenvalue weighted by atomic mass is 10.2. The molecular weight excluding hydrogens is 230 g/mol. The molecule has 5 heteroatoms. The van der Waals surface area contributed by atoms with Gasteiger partial charge in [-0.2, -0.15) is 0 Å². The minimum atomic E-state index is 0.0135. The Morgan fingerprint density at radius 3 is 3.00 bits per heavy atom. The summed E-state index contributed by atoms with van der Waals surface area (Å²) in [6.45, 7) is 2.45. The lowest BCUT2D eigenvalue weighted by molar-refractivity contribution is -0.120. The Labute approximate surface area is 107 Å². The molecule has 1 fully saturated rings. The van der Waals surface area contributed by atoms with Crippen LogP contribution in [0.1, 0.15) is 18.4 Å². The molecule has 1 amide bonds. The molecule has 0 saturated carbocycles. The first-order valence-electron chi connectivity index (χ1n) is 6.32. The summed E-state index contributed by atoms with van der Waals surface area (Å²) in [6.07, 6.45) is 5.84. The number of nitrogens with one attached hydrogen (secondary N) is 2. The highest BCUT2D eigenvalue weighted by Crippen LogP contribution is 2.10. The number of rotatable bonds is 6. The predicted octanol–water partition coefficient (Wildman–Crippen LogP) is 0.466. The van der Waals surface area contributed by atoms with Crippen molar-refractivity contribution >= 4 is 5.91 Å². The summed E-state index contributed by atoms with van der Waals surface area (Å²) in [6, 6.07) is 3.86. The zero-order valence-electron chi connectivity index (χ0n) is 10.4. The van der Waals surface area contributed by atoms with Crippen molar-refractivity contribution in [2.45, 2.75) is 25.5 Å². The molecule has 2 heterocycles. The molecule has 1 unspecified atom stereocenters. The van der Waals surface area contributed by atoms with E-state index in [-0.39, 0.29) is 12.0 Å². The van der Waals surface area contributed by atoms with Gasteiger partial charge in [-0.3, -0.25) is 9.78 Å². The van der Waals surface area contributed by atoms with Gasteiger partial charge < -0.3 is 15.4 Å². The number of amides is 1. The van der Waals surface area contributed by atoms with E-state index in [9.17, 15) is 4.79 Å². The monoisotopic (exact) mass is 249 g/mol. The van der Waals surface area contributed by atoms with Gasteiger partial charge >= 0.3 is 0 Å². The summed E-state index contributed by atoms with van der Waals surface area (Å²) < 4.78 is 5.44. The molecule has 5 nitrogen and oxygen atoms in total. The molecule has 0 aliphatic carbocycles. The molecule has 1 aliphatic heterocycles. The molecule has 1 aliphatic rings. The highest BCUT2D eigenvalue weighted by Gasteiger charge is 2.15. The molecule has 0 aromatic carbocycles. The Morgan fingerprint density at radius 1 is 1.44 bits per heavy atom. The van der Waals surface area contributed by atoms with Gasteiger partial charge in [0.25, 0.3) is 0 Å². The van der Waals surface area contributed by atoms with E-state index in [1.54, 1.807) is 12.4 Å². The number of carbonyl (C=O) groups is 1. The number of nitrogens with zero attached hydrogens (tertiary/aromatic N) is 1. The SMILES string of the molecule is O=C(CNCc1ccncc1)NCC1CCCO1. The van der Waals surface area contributed by atoms with E-state index in [1.807, 2.05) is 12.1 Å². The van der Waals surface area contributed by atoms with E-state index in [0.717, 1.165) is 25.0 Å². The fourth-order valence-electron chi connectivity index (χ4n) is 1.92. The third kappa shape index (κ3) is 4.43. The summed E-state index contributed by atoms with van der Waals surface area (Å²) in [7, 11) is 0. The first-order chi connectivity index (χ1) is 8.84. The molecule has 0 bridgehead atoms. The Hall–Kier alpha value is -1.46. The first kappa shape index (κ1) is 13.0. The van der Waals surface area contributed by atoms with Gasteiger partial charge in [-0.25, -0.2) is 0 Å². The van der Waals surface area contributed by atoms with Crippen molar-refractivity contribution in [1.82, 2.24) is 15.6 Å². The normalized spacial score (nSPS) is 18.8. The Kier molecular flexibility index (Phi) is 5.11. The fraction of sp³-hybridized carbons (Fsp3) is 0.538. The summed E-state index contributed by atoms with van der Waals surface area (Å²) >= 11 is 0. The van der Waals surface area contributed by atoms with E-state index in [4.69, 9.17) is 4.74 Å². The minimum Gasteiger partial charge on any atom is -0.376 e. The van der Waals surface area contributed by atoms with Crippen LogP contribution in [0.5, 0.6) is 0 Å². The molecular formula is C13H19N3O2. The molecule has 1 aromatic rings. The molecule has 0 radical (unpaired) electrons. The zero-order chi connectivity index (χ0) is 12.6. The predicted molar refractivity (Wildman–Crippen MR) is 67.9 cm³/mol. The van der Waals surface area contributed by atoms with Crippen molar-refractivity contribution in [3.63, 3.8) is 0 Å². The highest BCUT2D eigenvalue weighted by atomic mass is 16.5. The maximum atomic E-state index is 11.5. The van der Waals surface area contributed by atoms with Gasteiger partial charge in [0.15, 0.2) is 0 Å². The van der Waals surface area contributed by atoms with Crippen LogP contribution in [0, 0.1) is 0 Å². The van der Waals surface area contributed by atoms with Crippen molar-refractivity contribution in [3.05, 3.63) is 30.1 Å². The second-order valence-corrected chi connectivity index (χ2v) is 4.40. The topological polar surface area (TPSA) is 63.2 Å². The molecule has 2 N–H and O–H groups in total. The van der Waals surface area contributed by atoms with Crippen LogP contribution in [0.2, 0.25) is 0 Å². The van der Waals surface area contributed by atoms with E-state index in [2.05, 4.69) is 15.6 Å². The number of ether oxygens (including phenoxy) is 1. The van der Waals surface area contributed by atoms with Crippen molar-refractivity contribution in [2.24, 2.45) is 0 Å². The molecule has 98 valence electrons. The van der Waals surface area contributed by atoms with Crippen LogP contribution < -0.4 is 10.6 Å². The Bertz CT molecular complexity index is 364. The van der Waals surface area contributed by atoms with Crippen LogP contribution in [-0.4, -0.2) is 36.7 Å². The van der Waals surface area contributed by atoms with Gasteiger partial charge in [0.1, 0.15) is 0 Å². The largest absolute Gasteiger partial charge is 0.376 e. The van der Waals surface area contributed by atoms with Crippen LogP contribution in [0.15, 0.2) is 24.5 Å². The number of pyridine rings is 1. The number of hydrogen-bond donors (Lipinski definition) is 2. The second-order valence-electron chi connectivity index (χ2n) is 4.40. The number of carbonyl (C=O) groups excluding carboxylic acids is 1. The zero-order valence-corrected chi connectivity index (χ0v) is 10.4. The van der Waals surface area contributed by atoms with Gasteiger partial charge in [-0.05, 0) is 30.5 Å². The summed E-state index contributed by atoms with van der Waals surface area (Å²) in [5, 5.41) is 5.97. The summed E-state index contributed by atoms with van der Waals surface area (Å²) in [4.78, 5) is 15.5. The molecule has 2 rings (SSSR count). The van der Waals surface area contributed by atoms with Crippen LogP contribution in [0.25, 0.3) is 0 Å². The van der Waals surface area contributed by atoms with Gasteiger partial charge in [0.05, 0.1) is 12.6 Å². The minimum absolute atomic E-state index is 0.0135. The van der Waals surface area contributed by atoms with Gasteiger partial charge in [-0.15, -0.1) is 0 Å². The number of hydrogen-bond acceptors (Lipinski definition) is 4. The standard InChI is InChI=1S/C13H19N3O2/c17-13(16-9-12-2-1-7-18-12)10-15-8-11-3-5-14-6-4-11/h3-6,12,15H,1-2,7-10H2,(H,16,17). The fourth-order valence-corrected chi connectivity index (χ4v) is 1.92. The van der Waals surface area contributed by atoms with Gasteiger partial charge in [-0.1, -0.05) is 0 Å². The van der Waals surface area contributed by atoms with E-state index >= 15 is 0 Å². The Morgan fingerprint density at radius 2 is 2.28 bits per heavy atom. The second kappa shape index (κ2) is 7.08. The molecule has 1 saturated heterocycles. The lowest BCUT2D eigenvalue weighted by Crippen LogP contribution is -2.37. The maximum absolute atomic E-state index is 11.5. The van der Waals surface area contributed by atoms with Crippen molar-refractivity contribution in [3.8, 4) is 0 Å². The summed E-state index contributed by atoms with van der Waals surface area (Å²) in [5.74, 6) is 0.0135. The first-order valence-corrected chi connectivity index (χ1v) is 6.32. The number of aromatic nitrogens is 1. The van der Waals surface area contributed by atoms with E-state index in [1.165, 1.54) is 0 Å². The summed E-state index contributed by atoms with van der Waals surface area (Å²) in [5.41, 5.74) is 1.12. The van der Waals surface area contributed by atoms with Gasteiger partial charge in [0, 0.05) is 32.1 Å². The van der Waals surface area contributed by atoms with Crippen molar-refractivity contribution in [2.75, 3.05) is 19.7 Å². The molecule has 1 aromatic heterocycles. The lowest BCUT2D eigenvalue weighted by Gasteiger charge is -2.11. The molecule has 18 heavy (non-hydrogen) atoms. The van der Waals surface area contributed by atoms with E-state index in [0.29, 0.717) is 19.6 Å². The van der Waals surface area contributed by atoms with Crippen LogP contribution in [0.4, 0.5) is 0 Å².